The van der Waals surface area contributed by atoms with Crippen molar-refractivity contribution in [3.63, 3.8) is 0 Å². The standard InChI is InChI=1S/C11H14F2N2O.ClH/c1-7(15-10(16)5-6-14)11-8(12)3-2-4-9(11)13;/h2-4,7H,5-6,14H2,1H3,(H,15,16);1H. The number of rotatable bonds is 4. The fourth-order valence-electron chi connectivity index (χ4n) is 1.44. The van der Waals surface area contributed by atoms with Crippen LogP contribution < -0.4 is 11.1 Å². The molecule has 96 valence electrons. The van der Waals surface area contributed by atoms with Crippen LogP contribution in [0.25, 0.3) is 0 Å². The van der Waals surface area contributed by atoms with Gasteiger partial charge in [0.15, 0.2) is 0 Å². The summed E-state index contributed by atoms with van der Waals surface area (Å²) in [6, 6.07) is 2.89. The van der Waals surface area contributed by atoms with Gasteiger partial charge in [-0.1, -0.05) is 6.07 Å². The molecule has 0 saturated carbocycles. The molecular weight excluding hydrogens is 250 g/mol. The SMILES string of the molecule is CC(NC(=O)CCN)c1c(F)cccc1F.Cl. The molecule has 0 heterocycles. The Morgan fingerprint density at radius 3 is 2.41 bits per heavy atom. The molecular formula is C11H15ClF2N2O. The predicted octanol–water partition coefficient (Wildman–Crippen LogP) is 1.91. The highest BCUT2D eigenvalue weighted by atomic mass is 35.5. The summed E-state index contributed by atoms with van der Waals surface area (Å²) in [4.78, 5) is 11.2. The van der Waals surface area contributed by atoms with Gasteiger partial charge in [0, 0.05) is 18.5 Å². The van der Waals surface area contributed by atoms with Crippen LogP contribution in [0.4, 0.5) is 8.78 Å². The number of hydrogen-bond acceptors (Lipinski definition) is 2. The molecule has 0 aliphatic rings. The molecule has 0 aliphatic heterocycles. The van der Waals surface area contributed by atoms with E-state index in [1.165, 1.54) is 13.0 Å². The fraction of sp³-hybridized carbons (Fsp3) is 0.364. The van der Waals surface area contributed by atoms with Gasteiger partial charge >= 0.3 is 0 Å². The second kappa shape index (κ2) is 7.19. The molecule has 0 bridgehead atoms. The van der Waals surface area contributed by atoms with Crippen molar-refractivity contribution in [3.05, 3.63) is 35.4 Å². The smallest absolute Gasteiger partial charge is 0.221 e. The summed E-state index contributed by atoms with van der Waals surface area (Å²) in [6.07, 6.45) is 0.139. The second-order valence-electron chi connectivity index (χ2n) is 3.46. The molecule has 1 atom stereocenters. The monoisotopic (exact) mass is 264 g/mol. The van der Waals surface area contributed by atoms with E-state index in [1.54, 1.807) is 0 Å². The van der Waals surface area contributed by atoms with Crippen molar-refractivity contribution in [2.75, 3.05) is 6.54 Å². The van der Waals surface area contributed by atoms with Crippen LogP contribution in [-0.4, -0.2) is 12.5 Å². The van der Waals surface area contributed by atoms with E-state index in [4.69, 9.17) is 5.73 Å². The molecule has 6 heteroatoms. The lowest BCUT2D eigenvalue weighted by atomic mass is 10.1. The highest BCUT2D eigenvalue weighted by molar-refractivity contribution is 5.85. The molecule has 17 heavy (non-hydrogen) atoms. The average Bonchev–Trinajstić information content (AvgIpc) is 2.17. The second-order valence-corrected chi connectivity index (χ2v) is 3.46. The van der Waals surface area contributed by atoms with Gasteiger partial charge in [0.1, 0.15) is 11.6 Å². The first-order chi connectivity index (χ1) is 7.56. The quantitative estimate of drug-likeness (QED) is 0.873. The van der Waals surface area contributed by atoms with Gasteiger partial charge in [-0.2, -0.15) is 0 Å². The van der Waals surface area contributed by atoms with E-state index in [0.717, 1.165) is 12.1 Å². The van der Waals surface area contributed by atoms with Crippen molar-refractivity contribution in [1.82, 2.24) is 5.32 Å². The number of hydrogen-bond donors (Lipinski definition) is 2. The maximum Gasteiger partial charge on any atom is 0.221 e. The first-order valence-electron chi connectivity index (χ1n) is 4.99. The van der Waals surface area contributed by atoms with Gasteiger partial charge in [-0.25, -0.2) is 8.78 Å². The summed E-state index contributed by atoms with van der Waals surface area (Å²) >= 11 is 0. The van der Waals surface area contributed by atoms with E-state index in [1.807, 2.05) is 0 Å². The van der Waals surface area contributed by atoms with Crippen LogP contribution in [0.2, 0.25) is 0 Å². The lowest BCUT2D eigenvalue weighted by molar-refractivity contribution is -0.121. The zero-order valence-corrected chi connectivity index (χ0v) is 10.2. The highest BCUT2D eigenvalue weighted by Crippen LogP contribution is 2.20. The Morgan fingerprint density at radius 2 is 1.94 bits per heavy atom. The molecule has 1 aromatic rings. The van der Waals surface area contributed by atoms with Gasteiger partial charge in [-0.05, 0) is 19.1 Å². The number of nitrogens with one attached hydrogen (secondary N) is 1. The number of amides is 1. The Labute approximate surface area is 105 Å². The van der Waals surface area contributed by atoms with Crippen molar-refractivity contribution >= 4 is 18.3 Å². The number of halogens is 3. The minimum atomic E-state index is -0.708. The molecule has 3 nitrogen and oxygen atoms in total. The third kappa shape index (κ3) is 4.28. The number of carbonyl (C=O) groups excluding carboxylic acids is 1. The predicted molar refractivity (Wildman–Crippen MR) is 63.8 cm³/mol. The zero-order valence-electron chi connectivity index (χ0n) is 9.37. The van der Waals surface area contributed by atoms with E-state index in [2.05, 4.69) is 5.32 Å². The van der Waals surface area contributed by atoms with Crippen LogP contribution in [0.3, 0.4) is 0 Å². The van der Waals surface area contributed by atoms with E-state index in [0.29, 0.717) is 0 Å². The Hall–Kier alpha value is -1.20. The Bertz CT molecular complexity index is 367. The van der Waals surface area contributed by atoms with Crippen molar-refractivity contribution < 1.29 is 13.6 Å². The topological polar surface area (TPSA) is 55.1 Å². The summed E-state index contributed by atoms with van der Waals surface area (Å²) in [5.41, 5.74) is 5.06. The van der Waals surface area contributed by atoms with E-state index in [9.17, 15) is 13.6 Å². The molecule has 0 aliphatic carbocycles. The molecule has 0 spiro atoms. The largest absolute Gasteiger partial charge is 0.349 e. The Balaban J connectivity index is 0.00000256. The third-order valence-electron chi connectivity index (χ3n) is 2.18. The van der Waals surface area contributed by atoms with E-state index >= 15 is 0 Å². The fourth-order valence-corrected chi connectivity index (χ4v) is 1.44. The molecule has 0 aromatic heterocycles. The first-order valence-corrected chi connectivity index (χ1v) is 4.99. The van der Waals surface area contributed by atoms with Crippen LogP contribution in [0.1, 0.15) is 24.9 Å². The van der Waals surface area contributed by atoms with Gasteiger partial charge in [0.2, 0.25) is 5.91 Å². The van der Waals surface area contributed by atoms with Crippen molar-refractivity contribution in [1.29, 1.82) is 0 Å². The van der Waals surface area contributed by atoms with Gasteiger partial charge in [0.05, 0.1) is 6.04 Å². The minimum Gasteiger partial charge on any atom is -0.349 e. The van der Waals surface area contributed by atoms with Crippen LogP contribution in [0.15, 0.2) is 18.2 Å². The van der Waals surface area contributed by atoms with Crippen molar-refractivity contribution in [2.24, 2.45) is 5.73 Å². The molecule has 1 unspecified atom stereocenters. The first kappa shape index (κ1) is 15.8. The summed E-state index contributed by atoms with van der Waals surface area (Å²) in [5.74, 6) is -1.65. The molecule has 3 N–H and O–H groups in total. The van der Waals surface area contributed by atoms with E-state index < -0.39 is 17.7 Å². The van der Waals surface area contributed by atoms with Crippen LogP contribution in [0, 0.1) is 11.6 Å². The normalized spacial score (nSPS) is 11.5. The number of nitrogens with two attached hydrogens (primary N) is 1. The zero-order chi connectivity index (χ0) is 12.1. The van der Waals surface area contributed by atoms with Gasteiger partial charge in [-0.3, -0.25) is 4.79 Å². The molecule has 0 fully saturated rings. The maximum atomic E-state index is 13.3. The van der Waals surface area contributed by atoms with Gasteiger partial charge in [0.25, 0.3) is 0 Å². The minimum absolute atomic E-state index is 0. The third-order valence-corrected chi connectivity index (χ3v) is 2.18. The molecule has 1 amide bonds. The Morgan fingerprint density at radius 1 is 1.41 bits per heavy atom. The summed E-state index contributed by atoms with van der Waals surface area (Å²) in [6.45, 7) is 1.73. The van der Waals surface area contributed by atoms with Crippen LogP contribution in [-0.2, 0) is 4.79 Å². The van der Waals surface area contributed by atoms with Crippen LogP contribution in [0.5, 0.6) is 0 Å². The maximum absolute atomic E-state index is 13.3. The number of carbonyl (C=O) groups is 1. The highest BCUT2D eigenvalue weighted by Gasteiger charge is 2.17. The Kier molecular flexibility index (Phi) is 6.68. The summed E-state index contributed by atoms with van der Waals surface area (Å²) in [7, 11) is 0. The molecule has 1 rings (SSSR count). The van der Waals surface area contributed by atoms with Gasteiger partial charge < -0.3 is 11.1 Å². The average molecular weight is 265 g/mol. The number of benzene rings is 1. The van der Waals surface area contributed by atoms with Crippen LogP contribution >= 0.6 is 12.4 Å². The van der Waals surface area contributed by atoms with Crippen molar-refractivity contribution in [3.8, 4) is 0 Å². The summed E-state index contributed by atoms with van der Waals surface area (Å²) < 4.78 is 26.6. The summed E-state index contributed by atoms with van der Waals surface area (Å²) in [5, 5.41) is 2.48. The molecule has 1 aromatic carbocycles. The molecule has 0 radical (unpaired) electrons. The lowest BCUT2D eigenvalue weighted by Gasteiger charge is -2.15. The van der Waals surface area contributed by atoms with Crippen molar-refractivity contribution in [2.45, 2.75) is 19.4 Å². The molecule has 0 saturated heterocycles. The van der Waals surface area contributed by atoms with E-state index in [-0.39, 0.29) is 36.8 Å². The lowest BCUT2D eigenvalue weighted by Crippen LogP contribution is -2.29. The van der Waals surface area contributed by atoms with Gasteiger partial charge in [-0.15, -0.1) is 12.4 Å².